The quantitative estimate of drug-likeness (QED) is 0.897. The Hall–Kier alpha value is -0.930. The number of hydrogen-bond donors (Lipinski definition) is 1. The summed E-state index contributed by atoms with van der Waals surface area (Å²) in [7, 11) is 0. The summed E-state index contributed by atoms with van der Waals surface area (Å²) in [6.45, 7) is 4.51. The zero-order chi connectivity index (χ0) is 13.3. The Balaban J connectivity index is 1.76. The zero-order valence-corrected chi connectivity index (χ0v) is 11.6. The Kier molecular flexibility index (Phi) is 3.59. The van der Waals surface area contributed by atoms with Crippen molar-refractivity contribution in [2.75, 3.05) is 26.3 Å². The maximum absolute atomic E-state index is 12.9. The predicted octanol–water partition coefficient (Wildman–Crippen LogP) is 2.77. The van der Waals surface area contributed by atoms with Crippen LogP contribution in [0.2, 0.25) is 0 Å². The fourth-order valence-electron chi connectivity index (χ4n) is 3.40. The lowest BCUT2D eigenvalue weighted by Crippen LogP contribution is -2.62. The maximum Gasteiger partial charge on any atom is 0.102 e. The summed E-state index contributed by atoms with van der Waals surface area (Å²) in [5.41, 5.74) is 1.46. The summed E-state index contributed by atoms with van der Waals surface area (Å²) in [5, 5.41) is 3.67. The fraction of sp³-hybridized carbons (Fsp3) is 0.625. The van der Waals surface area contributed by atoms with Crippen molar-refractivity contribution in [2.24, 2.45) is 5.92 Å². The zero-order valence-electron chi connectivity index (χ0n) is 11.6. The highest BCUT2D eigenvalue weighted by atomic mass is 19.1. The van der Waals surface area contributed by atoms with Gasteiger partial charge in [-0.3, -0.25) is 4.90 Å². The third-order valence-electron chi connectivity index (χ3n) is 4.84. The van der Waals surface area contributed by atoms with Crippen LogP contribution in [0.25, 0.3) is 0 Å². The molecule has 3 heteroatoms. The van der Waals surface area contributed by atoms with E-state index >= 15 is 0 Å². The molecular weight excluding hydrogens is 239 g/mol. The van der Waals surface area contributed by atoms with Crippen molar-refractivity contribution in [3.8, 4) is 0 Å². The molecule has 2 fully saturated rings. The van der Waals surface area contributed by atoms with Gasteiger partial charge in [0.2, 0.25) is 0 Å². The second-order valence-corrected chi connectivity index (χ2v) is 6.11. The highest BCUT2D eigenvalue weighted by molar-refractivity contribution is 5.21. The first-order valence-electron chi connectivity index (χ1n) is 7.33. The Morgan fingerprint density at radius 3 is 2.68 bits per heavy atom. The molecule has 1 aromatic rings. The smallest absolute Gasteiger partial charge is 0.102 e. The van der Waals surface area contributed by atoms with E-state index in [0.29, 0.717) is 12.6 Å². The molecule has 2 atom stereocenters. The van der Waals surface area contributed by atoms with E-state index in [4.69, 9.17) is 0 Å². The minimum absolute atomic E-state index is 0.150. The van der Waals surface area contributed by atoms with Crippen molar-refractivity contribution in [2.45, 2.75) is 31.3 Å². The molecule has 3 rings (SSSR count). The summed E-state index contributed by atoms with van der Waals surface area (Å²) in [5.74, 6) is 0.753. The summed E-state index contributed by atoms with van der Waals surface area (Å²) >= 11 is 0. The molecular formula is C16H23FN2. The molecule has 0 radical (unpaired) electrons. The van der Waals surface area contributed by atoms with Crippen LogP contribution in [0, 0.1) is 5.92 Å². The van der Waals surface area contributed by atoms with Crippen LogP contribution in [0.15, 0.2) is 30.3 Å². The van der Waals surface area contributed by atoms with Crippen LogP contribution in [0.4, 0.5) is 4.39 Å². The highest BCUT2D eigenvalue weighted by Crippen LogP contribution is 2.44. The van der Waals surface area contributed by atoms with E-state index in [0.717, 1.165) is 19.0 Å². The molecule has 104 valence electrons. The molecule has 0 bridgehead atoms. The van der Waals surface area contributed by atoms with Crippen LogP contribution in [-0.2, 0) is 0 Å². The van der Waals surface area contributed by atoms with Crippen molar-refractivity contribution in [3.05, 3.63) is 35.9 Å². The molecule has 1 saturated heterocycles. The first-order chi connectivity index (χ1) is 9.24. The standard InChI is InChI=1S/C16H23FN2/c1-16(14-7-8-14)12-18-15(11-19(16)10-9-17)13-5-3-2-4-6-13/h2-6,14-15,18H,7-12H2,1H3. The molecule has 1 heterocycles. The third kappa shape index (κ3) is 2.54. The number of alkyl halides is 1. The highest BCUT2D eigenvalue weighted by Gasteiger charge is 2.48. The topological polar surface area (TPSA) is 15.3 Å². The van der Waals surface area contributed by atoms with Crippen LogP contribution in [0.1, 0.15) is 31.4 Å². The number of hydrogen-bond acceptors (Lipinski definition) is 2. The number of piperazine rings is 1. The van der Waals surface area contributed by atoms with Crippen molar-refractivity contribution < 1.29 is 4.39 Å². The minimum atomic E-state index is -0.246. The maximum atomic E-state index is 12.9. The monoisotopic (exact) mass is 262 g/mol. The van der Waals surface area contributed by atoms with E-state index < -0.39 is 0 Å². The van der Waals surface area contributed by atoms with Gasteiger partial charge in [-0.25, -0.2) is 4.39 Å². The first kappa shape index (κ1) is 13.1. The lowest BCUT2D eigenvalue weighted by Gasteiger charge is -2.48. The minimum Gasteiger partial charge on any atom is -0.307 e. The number of halogens is 1. The van der Waals surface area contributed by atoms with Crippen LogP contribution in [-0.4, -0.2) is 36.7 Å². The van der Waals surface area contributed by atoms with Gasteiger partial charge in [0.1, 0.15) is 6.67 Å². The van der Waals surface area contributed by atoms with E-state index in [1.165, 1.54) is 18.4 Å². The van der Waals surface area contributed by atoms with Gasteiger partial charge >= 0.3 is 0 Å². The van der Waals surface area contributed by atoms with Gasteiger partial charge in [0.25, 0.3) is 0 Å². The van der Waals surface area contributed by atoms with Crippen molar-refractivity contribution in [3.63, 3.8) is 0 Å². The van der Waals surface area contributed by atoms with Gasteiger partial charge < -0.3 is 5.32 Å². The summed E-state index contributed by atoms with van der Waals surface area (Å²) in [6.07, 6.45) is 2.61. The van der Waals surface area contributed by atoms with Gasteiger partial charge in [-0.2, -0.15) is 0 Å². The van der Waals surface area contributed by atoms with Gasteiger partial charge in [0, 0.05) is 31.2 Å². The van der Waals surface area contributed by atoms with Gasteiger partial charge in [0.05, 0.1) is 0 Å². The number of benzene rings is 1. The molecule has 2 nitrogen and oxygen atoms in total. The van der Waals surface area contributed by atoms with Crippen LogP contribution in [0.3, 0.4) is 0 Å². The van der Waals surface area contributed by atoms with Gasteiger partial charge in [0.15, 0.2) is 0 Å². The Bertz CT molecular complexity index is 418. The normalized spacial score (nSPS) is 32.4. The first-order valence-corrected chi connectivity index (χ1v) is 7.33. The van der Waals surface area contributed by atoms with Crippen LogP contribution in [0.5, 0.6) is 0 Å². The second-order valence-electron chi connectivity index (χ2n) is 6.11. The number of nitrogens with zero attached hydrogens (tertiary/aromatic N) is 1. The molecule has 2 unspecified atom stereocenters. The lowest BCUT2D eigenvalue weighted by atomic mass is 9.88. The molecule has 2 aliphatic rings. The van der Waals surface area contributed by atoms with E-state index in [9.17, 15) is 4.39 Å². The Morgan fingerprint density at radius 1 is 1.32 bits per heavy atom. The number of nitrogens with one attached hydrogen (secondary N) is 1. The molecule has 0 amide bonds. The summed E-state index contributed by atoms with van der Waals surface area (Å²) in [6, 6.07) is 10.8. The third-order valence-corrected chi connectivity index (χ3v) is 4.84. The van der Waals surface area contributed by atoms with Crippen LogP contribution < -0.4 is 5.32 Å². The Morgan fingerprint density at radius 2 is 2.05 bits per heavy atom. The summed E-state index contributed by atoms with van der Waals surface area (Å²) in [4.78, 5) is 2.37. The molecule has 1 aromatic carbocycles. The molecule has 1 saturated carbocycles. The van der Waals surface area contributed by atoms with Crippen molar-refractivity contribution in [1.29, 1.82) is 0 Å². The van der Waals surface area contributed by atoms with Gasteiger partial charge in [-0.05, 0) is 31.2 Å². The largest absolute Gasteiger partial charge is 0.307 e. The molecule has 0 spiro atoms. The SMILES string of the molecule is CC1(C2CC2)CNC(c2ccccc2)CN1CCF. The lowest BCUT2D eigenvalue weighted by molar-refractivity contribution is 0.0299. The van der Waals surface area contributed by atoms with Gasteiger partial charge in [-0.1, -0.05) is 30.3 Å². The average molecular weight is 262 g/mol. The van der Waals surface area contributed by atoms with E-state index in [1.54, 1.807) is 0 Å². The van der Waals surface area contributed by atoms with E-state index in [2.05, 4.69) is 41.4 Å². The van der Waals surface area contributed by atoms with Crippen LogP contribution >= 0.6 is 0 Å². The van der Waals surface area contributed by atoms with Crippen molar-refractivity contribution in [1.82, 2.24) is 10.2 Å². The molecule has 19 heavy (non-hydrogen) atoms. The number of rotatable bonds is 4. The van der Waals surface area contributed by atoms with Gasteiger partial charge in [-0.15, -0.1) is 0 Å². The van der Waals surface area contributed by atoms with E-state index in [1.807, 2.05) is 6.07 Å². The second kappa shape index (κ2) is 5.22. The Labute approximate surface area is 115 Å². The molecule has 1 aliphatic heterocycles. The fourth-order valence-corrected chi connectivity index (χ4v) is 3.40. The molecule has 1 N–H and O–H groups in total. The van der Waals surface area contributed by atoms with Crippen molar-refractivity contribution >= 4 is 0 Å². The molecule has 1 aliphatic carbocycles. The van der Waals surface area contributed by atoms with E-state index in [-0.39, 0.29) is 12.2 Å². The molecule has 0 aromatic heterocycles. The average Bonchev–Trinajstić information content (AvgIpc) is 3.27. The predicted molar refractivity (Wildman–Crippen MR) is 75.9 cm³/mol. The summed E-state index contributed by atoms with van der Waals surface area (Å²) < 4.78 is 12.9.